The SMILES string of the molecule is C[C@@H](NC(=O)c1cccc([N+](=O)[O-])c1)c1ccc(Br)cc1. The van der Waals surface area contributed by atoms with Gasteiger partial charge in [0.2, 0.25) is 0 Å². The number of rotatable bonds is 4. The monoisotopic (exact) mass is 348 g/mol. The van der Waals surface area contributed by atoms with E-state index >= 15 is 0 Å². The number of carbonyl (C=O) groups is 1. The molecule has 1 N–H and O–H groups in total. The fourth-order valence-corrected chi connectivity index (χ4v) is 2.14. The molecule has 21 heavy (non-hydrogen) atoms. The Balaban J connectivity index is 2.12. The van der Waals surface area contributed by atoms with Gasteiger partial charge >= 0.3 is 0 Å². The number of nitrogens with one attached hydrogen (secondary N) is 1. The van der Waals surface area contributed by atoms with E-state index in [2.05, 4.69) is 21.2 Å². The highest BCUT2D eigenvalue weighted by molar-refractivity contribution is 9.10. The molecule has 0 saturated carbocycles. The third-order valence-electron chi connectivity index (χ3n) is 3.04. The Morgan fingerprint density at radius 2 is 1.90 bits per heavy atom. The Kier molecular flexibility index (Phi) is 4.70. The number of nitro groups is 1. The molecule has 0 heterocycles. The highest BCUT2D eigenvalue weighted by Gasteiger charge is 2.14. The van der Waals surface area contributed by atoms with Gasteiger partial charge in [0, 0.05) is 22.2 Å². The fourth-order valence-electron chi connectivity index (χ4n) is 1.88. The summed E-state index contributed by atoms with van der Waals surface area (Å²) < 4.78 is 0.962. The van der Waals surface area contributed by atoms with Gasteiger partial charge in [-0.3, -0.25) is 14.9 Å². The molecule has 2 aromatic carbocycles. The van der Waals surface area contributed by atoms with Gasteiger partial charge in [-0.2, -0.15) is 0 Å². The molecule has 6 heteroatoms. The number of carbonyl (C=O) groups excluding carboxylic acids is 1. The van der Waals surface area contributed by atoms with Crippen molar-refractivity contribution in [2.24, 2.45) is 0 Å². The van der Waals surface area contributed by atoms with Crippen molar-refractivity contribution in [3.05, 3.63) is 74.2 Å². The standard InChI is InChI=1S/C15H13BrN2O3/c1-10(11-5-7-13(16)8-6-11)17-15(19)12-3-2-4-14(9-12)18(20)21/h2-10H,1H3,(H,17,19)/t10-/m1/s1. The number of benzene rings is 2. The molecular weight excluding hydrogens is 336 g/mol. The van der Waals surface area contributed by atoms with Crippen LogP contribution in [-0.2, 0) is 0 Å². The van der Waals surface area contributed by atoms with E-state index in [0.717, 1.165) is 10.0 Å². The molecule has 0 fully saturated rings. The summed E-state index contributed by atoms with van der Waals surface area (Å²) in [7, 11) is 0. The lowest BCUT2D eigenvalue weighted by Crippen LogP contribution is -2.26. The van der Waals surface area contributed by atoms with Crippen molar-refractivity contribution < 1.29 is 9.72 Å². The molecule has 0 aliphatic rings. The van der Waals surface area contributed by atoms with Gasteiger partial charge in [-0.05, 0) is 30.7 Å². The first-order chi connectivity index (χ1) is 9.97. The van der Waals surface area contributed by atoms with Gasteiger partial charge in [-0.1, -0.05) is 34.1 Å². The first-order valence-electron chi connectivity index (χ1n) is 6.28. The van der Waals surface area contributed by atoms with Crippen molar-refractivity contribution in [3.63, 3.8) is 0 Å². The predicted molar refractivity (Wildman–Crippen MR) is 83.1 cm³/mol. The second-order valence-electron chi connectivity index (χ2n) is 4.55. The average Bonchev–Trinajstić information content (AvgIpc) is 2.48. The van der Waals surface area contributed by atoms with E-state index in [1.165, 1.54) is 18.2 Å². The average molecular weight is 349 g/mol. The zero-order chi connectivity index (χ0) is 15.4. The normalized spacial score (nSPS) is 11.7. The zero-order valence-electron chi connectivity index (χ0n) is 11.2. The van der Waals surface area contributed by atoms with Gasteiger partial charge in [0.25, 0.3) is 11.6 Å². The summed E-state index contributed by atoms with van der Waals surface area (Å²) in [5.41, 5.74) is 1.13. The van der Waals surface area contributed by atoms with Crippen molar-refractivity contribution in [2.75, 3.05) is 0 Å². The fraction of sp³-hybridized carbons (Fsp3) is 0.133. The van der Waals surface area contributed by atoms with Crippen LogP contribution in [0.15, 0.2) is 53.0 Å². The maximum absolute atomic E-state index is 12.1. The van der Waals surface area contributed by atoms with Crippen LogP contribution in [0.2, 0.25) is 0 Å². The number of halogens is 1. The number of hydrogen-bond acceptors (Lipinski definition) is 3. The summed E-state index contributed by atoms with van der Waals surface area (Å²) in [5.74, 6) is -0.339. The highest BCUT2D eigenvalue weighted by Crippen LogP contribution is 2.18. The first-order valence-corrected chi connectivity index (χ1v) is 7.07. The molecule has 0 spiro atoms. The minimum atomic E-state index is -0.519. The van der Waals surface area contributed by atoms with E-state index in [4.69, 9.17) is 0 Å². The van der Waals surface area contributed by atoms with Crippen LogP contribution >= 0.6 is 15.9 Å². The van der Waals surface area contributed by atoms with Gasteiger partial charge in [0.15, 0.2) is 0 Å². The predicted octanol–water partition coefficient (Wildman–Crippen LogP) is 3.85. The second-order valence-corrected chi connectivity index (χ2v) is 5.47. The van der Waals surface area contributed by atoms with Crippen LogP contribution in [0, 0.1) is 10.1 Å². The molecule has 0 bridgehead atoms. The summed E-state index contributed by atoms with van der Waals surface area (Å²) in [4.78, 5) is 22.3. The molecule has 0 radical (unpaired) electrons. The number of nitro benzene ring substituents is 1. The topological polar surface area (TPSA) is 72.2 Å². The molecule has 2 aromatic rings. The number of hydrogen-bond donors (Lipinski definition) is 1. The molecule has 0 aliphatic carbocycles. The maximum atomic E-state index is 12.1. The van der Waals surface area contributed by atoms with Crippen LogP contribution in [0.4, 0.5) is 5.69 Å². The van der Waals surface area contributed by atoms with E-state index in [1.54, 1.807) is 6.07 Å². The third-order valence-corrected chi connectivity index (χ3v) is 3.57. The van der Waals surface area contributed by atoms with E-state index in [0.29, 0.717) is 0 Å². The summed E-state index contributed by atoms with van der Waals surface area (Å²) in [6, 6.07) is 13.1. The molecule has 0 unspecified atom stereocenters. The number of amides is 1. The van der Waals surface area contributed by atoms with Crippen LogP contribution in [0.25, 0.3) is 0 Å². The van der Waals surface area contributed by atoms with E-state index in [1.807, 2.05) is 31.2 Å². The van der Waals surface area contributed by atoms with Crippen LogP contribution in [0.5, 0.6) is 0 Å². The lowest BCUT2D eigenvalue weighted by Gasteiger charge is -2.14. The smallest absolute Gasteiger partial charge is 0.270 e. The number of non-ortho nitro benzene ring substituents is 1. The maximum Gasteiger partial charge on any atom is 0.270 e. The van der Waals surface area contributed by atoms with Gasteiger partial charge in [-0.25, -0.2) is 0 Å². The van der Waals surface area contributed by atoms with Crippen molar-refractivity contribution in [1.82, 2.24) is 5.32 Å². The van der Waals surface area contributed by atoms with Crippen molar-refractivity contribution in [3.8, 4) is 0 Å². The van der Waals surface area contributed by atoms with Crippen molar-refractivity contribution in [1.29, 1.82) is 0 Å². The zero-order valence-corrected chi connectivity index (χ0v) is 12.8. The molecule has 0 aromatic heterocycles. The van der Waals surface area contributed by atoms with E-state index < -0.39 is 4.92 Å². The lowest BCUT2D eigenvalue weighted by atomic mass is 10.1. The largest absolute Gasteiger partial charge is 0.346 e. The first kappa shape index (κ1) is 15.2. The van der Waals surface area contributed by atoms with Crippen LogP contribution < -0.4 is 5.32 Å². The van der Waals surface area contributed by atoms with Gasteiger partial charge in [0.1, 0.15) is 0 Å². The Labute approximate surface area is 130 Å². The highest BCUT2D eigenvalue weighted by atomic mass is 79.9. The third kappa shape index (κ3) is 3.88. The molecule has 5 nitrogen and oxygen atoms in total. The minimum Gasteiger partial charge on any atom is -0.346 e. The van der Waals surface area contributed by atoms with E-state index in [-0.39, 0.29) is 23.2 Å². The summed E-state index contributed by atoms with van der Waals surface area (Å²) in [6.07, 6.45) is 0. The summed E-state index contributed by atoms with van der Waals surface area (Å²) in [6.45, 7) is 1.86. The minimum absolute atomic E-state index is 0.0982. The second kappa shape index (κ2) is 6.49. The van der Waals surface area contributed by atoms with Crippen LogP contribution in [0.3, 0.4) is 0 Å². The summed E-state index contributed by atoms with van der Waals surface area (Å²) >= 11 is 3.35. The quantitative estimate of drug-likeness (QED) is 0.673. The van der Waals surface area contributed by atoms with Gasteiger partial charge in [0.05, 0.1) is 11.0 Å². The molecule has 0 saturated heterocycles. The Bertz CT molecular complexity index is 671. The Morgan fingerprint density at radius 3 is 2.52 bits per heavy atom. The van der Waals surface area contributed by atoms with Gasteiger partial charge in [-0.15, -0.1) is 0 Å². The van der Waals surface area contributed by atoms with Crippen molar-refractivity contribution in [2.45, 2.75) is 13.0 Å². The van der Waals surface area contributed by atoms with E-state index in [9.17, 15) is 14.9 Å². The van der Waals surface area contributed by atoms with Crippen molar-refractivity contribution >= 4 is 27.5 Å². The Morgan fingerprint density at radius 1 is 1.24 bits per heavy atom. The van der Waals surface area contributed by atoms with Gasteiger partial charge < -0.3 is 5.32 Å². The van der Waals surface area contributed by atoms with Crippen LogP contribution in [0.1, 0.15) is 28.9 Å². The number of nitrogens with zero attached hydrogens (tertiary/aromatic N) is 1. The molecular formula is C15H13BrN2O3. The summed E-state index contributed by atoms with van der Waals surface area (Å²) in [5, 5.41) is 13.5. The van der Waals surface area contributed by atoms with Crippen LogP contribution in [-0.4, -0.2) is 10.8 Å². The molecule has 108 valence electrons. The molecule has 2 rings (SSSR count). The molecule has 1 atom stereocenters. The lowest BCUT2D eigenvalue weighted by molar-refractivity contribution is -0.384. The molecule has 1 amide bonds. The Hall–Kier alpha value is -2.21. The molecule has 0 aliphatic heterocycles.